The number of amides is 1. The number of carbonyl (C=O) groups excluding carboxylic acids is 1. The Morgan fingerprint density at radius 1 is 0.576 bits per heavy atom. The number of nitrogens with zero attached hydrogens (tertiary/aromatic N) is 1. The van der Waals surface area contributed by atoms with Crippen LogP contribution in [0.2, 0.25) is 0 Å². The molecule has 3 unspecified atom stereocenters. The number of hydrogen-bond acceptors (Lipinski definition) is 5. The van der Waals surface area contributed by atoms with Gasteiger partial charge in [-0.25, -0.2) is 4.57 Å². The Balaban J connectivity index is 4.23. The lowest BCUT2D eigenvalue weighted by Gasteiger charge is -2.25. The van der Waals surface area contributed by atoms with Gasteiger partial charge < -0.3 is 19.8 Å². The van der Waals surface area contributed by atoms with E-state index in [1.165, 1.54) is 161 Å². The molecule has 0 heterocycles. The highest BCUT2D eigenvalue weighted by molar-refractivity contribution is 7.47. The monoisotopic (exact) mass is 854 g/mol. The number of quaternary nitrogens is 1. The number of carbonyl (C=O) groups is 1. The molecule has 0 aromatic heterocycles. The summed E-state index contributed by atoms with van der Waals surface area (Å²) in [4.78, 5) is 23.2. The molecule has 8 nitrogen and oxygen atoms in total. The quantitative estimate of drug-likeness (QED) is 0.0244. The minimum atomic E-state index is -4.34. The van der Waals surface area contributed by atoms with Crippen molar-refractivity contribution in [3.63, 3.8) is 0 Å². The predicted molar refractivity (Wildman–Crippen MR) is 254 cm³/mol. The molecule has 0 aromatic carbocycles. The van der Waals surface area contributed by atoms with Gasteiger partial charge in [-0.15, -0.1) is 0 Å². The van der Waals surface area contributed by atoms with Gasteiger partial charge in [0.25, 0.3) is 0 Å². The molecule has 0 fully saturated rings. The SMILES string of the molecule is CCCCCCCCCCC/C=C\C/C=C\CCCCCCCCCCCC(=O)NC(COP(=O)(O)OCC[N+](C)(C)C)C(O)/C=C/CCCCCCCCCCCC. The van der Waals surface area contributed by atoms with Crippen LogP contribution in [0.15, 0.2) is 36.5 Å². The highest BCUT2D eigenvalue weighted by atomic mass is 31.2. The minimum Gasteiger partial charge on any atom is -0.387 e. The topological polar surface area (TPSA) is 105 Å². The first-order valence-electron chi connectivity index (χ1n) is 24.9. The summed E-state index contributed by atoms with van der Waals surface area (Å²) in [5.74, 6) is -0.182. The molecule has 9 heteroatoms. The molecule has 348 valence electrons. The molecule has 0 radical (unpaired) electrons. The Bertz CT molecular complexity index is 1060. The van der Waals surface area contributed by atoms with E-state index in [9.17, 15) is 19.4 Å². The van der Waals surface area contributed by atoms with Gasteiger partial charge in [0.15, 0.2) is 0 Å². The maximum Gasteiger partial charge on any atom is 0.472 e. The standard InChI is InChI=1S/C50H97N2O6P/c1-6-8-10-12-14-16-18-20-21-22-23-24-25-26-27-28-29-30-31-32-34-36-38-40-42-44-50(54)51-48(47-58-59(55,56)57-46-45-52(3,4)5)49(53)43-41-39-37-35-33-19-17-15-13-11-9-7-2/h23-24,26-27,41,43,48-49,53H,6-22,25,28-40,42,44-47H2,1-5H3,(H-,51,54,55,56)/p+1/b24-23-,27-26-,43-41+. The number of likely N-dealkylation sites (N-methyl/N-ethyl adjacent to an activating group) is 1. The predicted octanol–water partition coefficient (Wildman–Crippen LogP) is 14.3. The van der Waals surface area contributed by atoms with Crippen LogP contribution in [0.5, 0.6) is 0 Å². The summed E-state index contributed by atoms with van der Waals surface area (Å²) in [5, 5.41) is 13.8. The van der Waals surface area contributed by atoms with Gasteiger partial charge in [0.2, 0.25) is 5.91 Å². The van der Waals surface area contributed by atoms with E-state index in [1.807, 2.05) is 27.2 Å². The average molecular weight is 854 g/mol. The van der Waals surface area contributed by atoms with Crippen LogP contribution in [0.4, 0.5) is 0 Å². The molecule has 0 rings (SSSR count). The van der Waals surface area contributed by atoms with E-state index in [-0.39, 0.29) is 19.1 Å². The lowest BCUT2D eigenvalue weighted by molar-refractivity contribution is -0.870. The van der Waals surface area contributed by atoms with Crippen LogP contribution in [-0.2, 0) is 18.4 Å². The van der Waals surface area contributed by atoms with Crippen molar-refractivity contribution >= 4 is 13.7 Å². The second-order valence-corrected chi connectivity index (χ2v) is 19.6. The van der Waals surface area contributed by atoms with Crippen LogP contribution in [0.25, 0.3) is 0 Å². The van der Waals surface area contributed by atoms with Gasteiger partial charge in [0, 0.05) is 6.42 Å². The zero-order chi connectivity index (χ0) is 43.6. The van der Waals surface area contributed by atoms with Gasteiger partial charge in [-0.1, -0.05) is 204 Å². The fraction of sp³-hybridized carbons (Fsp3) is 0.860. The van der Waals surface area contributed by atoms with Crippen molar-refractivity contribution in [2.75, 3.05) is 40.9 Å². The number of nitrogens with one attached hydrogen (secondary N) is 1. The summed E-state index contributed by atoms with van der Waals surface area (Å²) < 4.78 is 23.6. The van der Waals surface area contributed by atoms with Gasteiger partial charge in [0.05, 0.1) is 39.9 Å². The zero-order valence-electron chi connectivity index (χ0n) is 39.5. The summed E-state index contributed by atoms with van der Waals surface area (Å²) >= 11 is 0. The molecule has 0 aromatic rings. The van der Waals surface area contributed by atoms with Crippen molar-refractivity contribution in [3.8, 4) is 0 Å². The number of aliphatic hydroxyl groups excluding tert-OH is 1. The molecule has 0 saturated heterocycles. The maximum absolute atomic E-state index is 12.9. The third-order valence-electron chi connectivity index (χ3n) is 11.1. The summed E-state index contributed by atoms with van der Waals surface area (Å²) in [6.45, 7) is 4.81. The smallest absolute Gasteiger partial charge is 0.387 e. The van der Waals surface area contributed by atoms with Crippen molar-refractivity contribution in [2.45, 2.75) is 238 Å². The molecule has 0 aliphatic rings. The van der Waals surface area contributed by atoms with Crippen molar-refractivity contribution < 1.29 is 32.9 Å². The minimum absolute atomic E-state index is 0.0605. The van der Waals surface area contributed by atoms with Gasteiger partial charge in [-0.2, -0.15) is 0 Å². The Hall–Kier alpha value is -1.28. The van der Waals surface area contributed by atoms with E-state index in [4.69, 9.17) is 9.05 Å². The van der Waals surface area contributed by atoms with E-state index < -0.39 is 20.0 Å². The van der Waals surface area contributed by atoms with E-state index >= 15 is 0 Å². The molecule has 0 bridgehead atoms. The van der Waals surface area contributed by atoms with Crippen LogP contribution >= 0.6 is 7.82 Å². The number of unbranched alkanes of at least 4 members (excludes halogenated alkanes) is 28. The largest absolute Gasteiger partial charge is 0.472 e. The molecule has 0 spiro atoms. The van der Waals surface area contributed by atoms with Crippen LogP contribution in [0, 0.1) is 0 Å². The number of hydrogen-bond donors (Lipinski definition) is 3. The Kier molecular flexibility index (Phi) is 41.1. The van der Waals surface area contributed by atoms with E-state index in [1.54, 1.807) is 6.08 Å². The molecule has 0 aliphatic heterocycles. The summed E-state index contributed by atoms with van der Waals surface area (Å²) in [7, 11) is 1.57. The lowest BCUT2D eigenvalue weighted by atomic mass is 10.0. The molecule has 3 atom stereocenters. The molecule has 0 aliphatic carbocycles. The second-order valence-electron chi connectivity index (χ2n) is 18.2. The zero-order valence-corrected chi connectivity index (χ0v) is 40.4. The van der Waals surface area contributed by atoms with Crippen LogP contribution in [0.1, 0.15) is 226 Å². The fourth-order valence-electron chi connectivity index (χ4n) is 7.13. The third kappa shape index (κ3) is 44.6. The summed E-state index contributed by atoms with van der Waals surface area (Å²) in [6, 6.07) is -0.847. The van der Waals surface area contributed by atoms with Gasteiger partial charge in [0.1, 0.15) is 13.2 Å². The fourth-order valence-corrected chi connectivity index (χ4v) is 7.87. The summed E-state index contributed by atoms with van der Waals surface area (Å²) in [5.41, 5.74) is 0. The number of phosphoric acid groups is 1. The maximum atomic E-state index is 12.9. The normalized spacial score (nSPS) is 14.5. The lowest BCUT2D eigenvalue weighted by Crippen LogP contribution is -2.45. The molecular formula is C50H98N2O6P+. The van der Waals surface area contributed by atoms with E-state index in [0.717, 1.165) is 44.9 Å². The first kappa shape index (κ1) is 57.7. The van der Waals surface area contributed by atoms with Crippen LogP contribution < -0.4 is 5.32 Å². The molecule has 1 amide bonds. The summed E-state index contributed by atoms with van der Waals surface area (Å²) in [6.07, 6.45) is 52.2. The van der Waals surface area contributed by atoms with E-state index in [0.29, 0.717) is 17.4 Å². The number of rotatable bonds is 45. The average Bonchev–Trinajstić information content (AvgIpc) is 3.19. The molecular weight excluding hydrogens is 756 g/mol. The number of phosphoric ester groups is 1. The third-order valence-corrected chi connectivity index (χ3v) is 12.1. The molecule has 0 saturated carbocycles. The van der Waals surface area contributed by atoms with Crippen LogP contribution in [0.3, 0.4) is 0 Å². The number of aliphatic hydroxyl groups is 1. The first-order valence-corrected chi connectivity index (χ1v) is 26.4. The van der Waals surface area contributed by atoms with Crippen molar-refractivity contribution in [1.82, 2.24) is 5.32 Å². The molecule has 3 N–H and O–H groups in total. The van der Waals surface area contributed by atoms with Crippen molar-refractivity contribution in [2.24, 2.45) is 0 Å². The van der Waals surface area contributed by atoms with Gasteiger partial charge in [-0.05, 0) is 51.4 Å². The Morgan fingerprint density at radius 3 is 1.39 bits per heavy atom. The molecule has 59 heavy (non-hydrogen) atoms. The Labute approximate surface area is 366 Å². The highest BCUT2D eigenvalue weighted by Gasteiger charge is 2.27. The Morgan fingerprint density at radius 2 is 0.966 bits per heavy atom. The van der Waals surface area contributed by atoms with E-state index in [2.05, 4.69) is 43.5 Å². The second kappa shape index (κ2) is 42.0. The first-order chi connectivity index (χ1) is 28.5. The van der Waals surface area contributed by atoms with Crippen molar-refractivity contribution in [3.05, 3.63) is 36.5 Å². The highest BCUT2D eigenvalue weighted by Crippen LogP contribution is 2.43. The van der Waals surface area contributed by atoms with Gasteiger partial charge >= 0.3 is 7.82 Å². The number of allylic oxidation sites excluding steroid dienone is 5. The van der Waals surface area contributed by atoms with Gasteiger partial charge in [-0.3, -0.25) is 13.8 Å². The van der Waals surface area contributed by atoms with Crippen molar-refractivity contribution in [1.29, 1.82) is 0 Å². The van der Waals surface area contributed by atoms with Crippen LogP contribution in [-0.4, -0.2) is 73.4 Å².